The van der Waals surface area contributed by atoms with Gasteiger partial charge in [0, 0.05) is 5.75 Å². The van der Waals surface area contributed by atoms with Crippen molar-refractivity contribution in [2.24, 2.45) is 5.10 Å². The molecule has 0 unspecified atom stereocenters. The summed E-state index contributed by atoms with van der Waals surface area (Å²) in [5.41, 5.74) is 3.84. The van der Waals surface area contributed by atoms with E-state index >= 15 is 0 Å². The van der Waals surface area contributed by atoms with E-state index < -0.39 is 0 Å². The van der Waals surface area contributed by atoms with Crippen LogP contribution in [0.15, 0.2) is 58.8 Å². The van der Waals surface area contributed by atoms with Gasteiger partial charge in [0.05, 0.1) is 18.3 Å². The molecule has 2 aromatic carbocycles. The van der Waals surface area contributed by atoms with Crippen LogP contribution in [0.5, 0.6) is 5.75 Å². The Morgan fingerprint density at radius 2 is 1.89 bits per heavy atom. The smallest absolute Gasteiger partial charge is 0.212 e. The number of hydrogen-bond acceptors (Lipinski definition) is 7. The highest BCUT2D eigenvalue weighted by Crippen LogP contribution is 2.25. The number of nitrogens with zero attached hydrogens (tertiary/aromatic N) is 7. The molecular weight excluding hydrogens is 362 g/mol. The highest BCUT2D eigenvalue weighted by atomic mass is 32.2. The fourth-order valence-electron chi connectivity index (χ4n) is 2.96. The van der Waals surface area contributed by atoms with Crippen molar-refractivity contribution in [2.45, 2.75) is 11.7 Å². The average Bonchev–Trinajstić information content (AvgIpc) is 3.32. The molecule has 0 N–H and O–H groups in total. The van der Waals surface area contributed by atoms with Crippen LogP contribution in [0, 0.1) is 0 Å². The monoisotopic (exact) mass is 377 g/mol. The van der Waals surface area contributed by atoms with Gasteiger partial charge < -0.3 is 4.74 Å². The van der Waals surface area contributed by atoms with E-state index in [9.17, 15) is 0 Å². The summed E-state index contributed by atoms with van der Waals surface area (Å²) in [7, 11) is 1.66. The first-order valence-electron chi connectivity index (χ1n) is 8.39. The third-order valence-corrected chi connectivity index (χ3v) is 5.30. The topological polar surface area (TPSA) is 83.0 Å². The van der Waals surface area contributed by atoms with Crippen molar-refractivity contribution in [3.05, 3.63) is 59.9 Å². The predicted octanol–water partition coefficient (Wildman–Crippen LogP) is 2.44. The maximum Gasteiger partial charge on any atom is 0.212 e. The lowest BCUT2D eigenvalue weighted by molar-refractivity contribution is 0.415. The molecule has 0 saturated carbocycles. The summed E-state index contributed by atoms with van der Waals surface area (Å²) in [6, 6.07) is 15.7. The molecule has 0 atom stereocenters. The molecule has 9 heteroatoms. The molecule has 0 radical (unpaired) electrons. The summed E-state index contributed by atoms with van der Waals surface area (Å²) in [5.74, 6) is 2.29. The Labute approximate surface area is 158 Å². The summed E-state index contributed by atoms with van der Waals surface area (Å²) >= 11 is 1.62. The lowest BCUT2D eigenvalue weighted by Gasteiger charge is -2.14. The zero-order chi connectivity index (χ0) is 18.2. The largest absolute Gasteiger partial charge is 0.497 e. The second-order valence-electron chi connectivity index (χ2n) is 6.01. The fourth-order valence-corrected chi connectivity index (χ4v) is 3.82. The van der Waals surface area contributed by atoms with Crippen LogP contribution in [0.2, 0.25) is 0 Å². The molecule has 134 valence electrons. The number of methoxy groups -OCH3 is 1. The quantitative estimate of drug-likeness (QED) is 0.543. The van der Waals surface area contributed by atoms with E-state index in [0.717, 1.165) is 44.8 Å². The van der Waals surface area contributed by atoms with Gasteiger partial charge in [0.2, 0.25) is 5.16 Å². The van der Waals surface area contributed by atoms with Crippen LogP contribution < -0.4 is 4.74 Å². The molecular formula is C18H15N7OS. The number of hydrogen-bond donors (Lipinski definition) is 0. The van der Waals surface area contributed by atoms with Crippen LogP contribution >= 0.6 is 11.8 Å². The van der Waals surface area contributed by atoms with Crippen molar-refractivity contribution >= 4 is 28.5 Å². The fraction of sp³-hybridized carbons (Fsp3) is 0.167. The number of fused-ring (bicyclic) bond motifs is 2. The van der Waals surface area contributed by atoms with Crippen LogP contribution in [0.4, 0.5) is 0 Å². The van der Waals surface area contributed by atoms with Crippen LogP contribution in [0.3, 0.4) is 0 Å². The van der Waals surface area contributed by atoms with Gasteiger partial charge >= 0.3 is 0 Å². The third kappa shape index (κ3) is 2.85. The lowest BCUT2D eigenvalue weighted by atomic mass is 10.1. The van der Waals surface area contributed by atoms with Gasteiger partial charge in [-0.05, 0) is 42.0 Å². The van der Waals surface area contributed by atoms with Crippen molar-refractivity contribution in [1.82, 2.24) is 29.9 Å². The van der Waals surface area contributed by atoms with E-state index in [1.807, 2.05) is 53.2 Å². The number of ether oxygens (including phenoxy) is 1. The number of para-hydroxylation sites is 1. The molecule has 0 saturated heterocycles. The second kappa shape index (κ2) is 6.51. The molecule has 1 aliphatic heterocycles. The summed E-state index contributed by atoms with van der Waals surface area (Å²) in [6.45, 7) is 0.452. The van der Waals surface area contributed by atoms with Gasteiger partial charge in [-0.1, -0.05) is 29.1 Å². The maximum atomic E-state index is 5.23. The number of thioether (sulfide) groups is 1. The normalized spacial score (nSPS) is 13.4. The first-order chi connectivity index (χ1) is 13.3. The molecule has 0 fully saturated rings. The zero-order valence-corrected chi connectivity index (χ0v) is 15.3. The minimum atomic E-state index is 0.452. The van der Waals surface area contributed by atoms with E-state index in [0.29, 0.717) is 6.54 Å². The second-order valence-corrected chi connectivity index (χ2v) is 6.95. The van der Waals surface area contributed by atoms with Crippen molar-refractivity contribution in [1.29, 1.82) is 0 Å². The van der Waals surface area contributed by atoms with Gasteiger partial charge in [0.1, 0.15) is 17.8 Å². The Balaban J connectivity index is 1.49. The summed E-state index contributed by atoms with van der Waals surface area (Å²) in [4.78, 5) is 0. The average molecular weight is 377 g/mol. The molecule has 8 nitrogen and oxygen atoms in total. The Hall–Kier alpha value is -3.20. The third-order valence-electron chi connectivity index (χ3n) is 4.37. The predicted molar refractivity (Wildman–Crippen MR) is 102 cm³/mol. The number of benzene rings is 2. The number of rotatable bonds is 4. The van der Waals surface area contributed by atoms with Crippen molar-refractivity contribution in [3.8, 4) is 5.75 Å². The van der Waals surface area contributed by atoms with Gasteiger partial charge in [-0.25, -0.2) is 4.68 Å². The molecule has 4 aromatic rings. The molecule has 0 amide bonds. The summed E-state index contributed by atoms with van der Waals surface area (Å²) in [6.07, 6.45) is 0. The molecule has 27 heavy (non-hydrogen) atoms. The molecule has 0 spiro atoms. The molecule has 1 aliphatic rings. The van der Waals surface area contributed by atoms with Gasteiger partial charge in [-0.3, -0.25) is 0 Å². The maximum absolute atomic E-state index is 5.23. The molecule has 0 aliphatic carbocycles. The summed E-state index contributed by atoms with van der Waals surface area (Å²) < 4.78 is 8.84. The minimum Gasteiger partial charge on any atom is -0.497 e. The van der Waals surface area contributed by atoms with Crippen molar-refractivity contribution < 1.29 is 4.74 Å². The van der Waals surface area contributed by atoms with E-state index in [1.54, 1.807) is 23.5 Å². The lowest BCUT2D eigenvalue weighted by Crippen LogP contribution is -2.16. The molecule has 0 bridgehead atoms. The molecule has 3 heterocycles. The SMILES string of the molecule is COc1ccc(C2=Nn3c(Cn4nnc5ccccc54)nnc3SC2)cc1. The minimum absolute atomic E-state index is 0.452. The van der Waals surface area contributed by atoms with Crippen LogP contribution in [0.25, 0.3) is 11.0 Å². The Bertz CT molecular complexity index is 1150. The standard InChI is InChI=1S/C18H15N7OS/c1-26-13-8-6-12(7-9-13)15-11-27-18-21-20-17(25(18)22-15)10-24-16-5-3-2-4-14(16)19-23-24/h2-9H,10-11H2,1H3. The van der Waals surface area contributed by atoms with Gasteiger partial charge in [0.25, 0.3) is 0 Å². The van der Waals surface area contributed by atoms with Crippen molar-refractivity contribution in [3.63, 3.8) is 0 Å². The Kier molecular flexibility index (Phi) is 3.86. The van der Waals surface area contributed by atoms with Gasteiger partial charge in [0.15, 0.2) is 5.82 Å². The Morgan fingerprint density at radius 3 is 2.74 bits per heavy atom. The number of aromatic nitrogens is 6. The Morgan fingerprint density at radius 1 is 1.04 bits per heavy atom. The highest BCUT2D eigenvalue weighted by molar-refractivity contribution is 7.99. The van der Waals surface area contributed by atoms with E-state index in [2.05, 4.69) is 20.5 Å². The van der Waals surface area contributed by atoms with Gasteiger partial charge in [-0.15, -0.1) is 15.3 Å². The van der Waals surface area contributed by atoms with Crippen LogP contribution in [-0.4, -0.2) is 48.4 Å². The molecule has 5 rings (SSSR count). The van der Waals surface area contributed by atoms with Crippen LogP contribution in [-0.2, 0) is 6.54 Å². The molecule has 2 aromatic heterocycles. The van der Waals surface area contributed by atoms with Crippen molar-refractivity contribution in [2.75, 3.05) is 12.9 Å². The summed E-state index contributed by atoms with van der Waals surface area (Å²) in [5, 5.41) is 22.6. The van der Waals surface area contributed by atoms with E-state index in [1.165, 1.54) is 0 Å². The first-order valence-corrected chi connectivity index (χ1v) is 9.38. The van der Waals surface area contributed by atoms with E-state index in [-0.39, 0.29) is 0 Å². The van der Waals surface area contributed by atoms with Gasteiger partial charge in [-0.2, -0.15) is 9.78 Å². The highest BCUT2D eigenvalue weighted by Gasteiger charge is 2.20. The van der Waals surface area contributed by atoms with Crippen LogP contribution in [0.1, 0.15) is 11.4 Å². The zero-order valence-electron chi connectivity index (χ0n) is 14.5. The van der Waals surface area contributed by atoms with E-state index in [4.69, 9.17) is 9.84 Å². The first kappa shape index (κ1) is 16.0.